The summed E-state index contributed by atoms with van der Waals surface area (Å²) in [4.78, 5) is 28.1. The predicted octanol–water partition coefficient (Wildman–Crippen LogP) is 2.70. The van der Waals surface area contributed by atoms with Gasteiger partial charge in [0.2, 0.25) is 11.8 Å². The number of hydrogen-bond donors (Lipinski definition) is 2. The number of likely N-dealkylation sites (N-methyl/N-ethyl adjacent to an activating group) is 1. The number of nitrogens with one attached hydrogen (secondary N) is 2. The maximum Gasteiger partial charge on any atom is 0.228 e. The third-order valence-corrected chi connectivity index (χ3v) is 3.95. The van der Waals surface area contributed by atoms with Gasteiger partial charge in [0.25, 0.3) is 0 Å². The van der Waals surface area contributed by atoms with Crippen molar-refractivity contribution in [3.63, 3.8) is 0 Å². The Labute approximate surface area is 146 Å². The molecule has 2 N–H and O–H groups in total. The maximum absolute atomic E-state index is 12.3. The van der Waals surface area contributed by atoms with Gasteiger partial charge in [0, 0.05) is 24.3 Å². The molecule has 126 valence electrons. The van der Waals surface area contributed by atoms with Gasteiger partial charge in [-0.05, 0) is 29.3 Å². The zero-order chi connectivity index (χ0) is 17.6. The number of anilines is 1. The molecule has 0 aliphatic heterocycles. The summed E-state index contributed by atoms with van der Waals surface area (Å²) in [5.41, 5.74) is 3.35. The molecule has 2 aromatic carbocycles. The summed E-state index contributed by atoms with van der Waals surface area (Å²) in [6.07, 6.45) is 2.32. The molecule has 3 rings (SSSR count). The summed E-state index contributed by atoms with van der Waals surface area (Å²) in [5, 5.41) is 6.49. The zero-order valence-electron chi connectivity index (χ0n) is 14.0. The van der Waals surface area contributed by atoms with E-state index in [1.165, 1.54) is 0 Å². The van der Waals surface area contributed by atoms with Crippen LogP contribution in [0, 0.1) is 0 Å². The SMILES string of the molecule is CNC(=O)Cc1ccc(NC(=O)Cc2cccc3cccnc23)cc1. The molecule has 0 unspecified atom stereocenters. The Kier molecular flexibility index (Phi) is 5.04. The third kappa shape index (κ3) is 4.20. The molecular formula is C20H19N3O2. The van der Waals surface area contributed by atoms with Crippen molar-refractivity contribution >= 4 is 28.4 Å². The van der Waals surface area contributed by atoms with Crippen LogP contribution in [0.15, 0.2) is 60.8 Å². The first-order valence-corrected chi connectivity index (χ1v) is 8.07. The smallest absolute Gasteiger partial charge is 0.228 e. The van der Waals surface area contributed by atoms with Crippen molar-refractivity contribution < 1.29 is 9.59 Å². The Hall–Kier alpha value is -3.21. The highest BCUT2D eigenvalue weighted by molar-refractivity contribution is 5.95. The Balaban J connectivity index is 1.67. The minimum atomic E-state index is -0.0998. The number of carbonyl (C=O) groups excluding carboxylic acids is 2. The van der Waals surface area contributed by atoms with Gasteiger partial charge in [0.1, 0.15) is 0 Å². The molecule has 0 fully saturated rings. The maximum atomic E-state index is 12.3. The number of nitrogens with zero attached hydrogens (tertiary/aromatic N) is 1. The van der Waals surface area contributed by atoms with Crippen molar-refractivity contribution in [2.45, 2.75) is 12.8 Å². The van der Waals surface area contributed by atoms with Crippen LogP contribution in [-0.4, -0.2) is 23.8 Å². The molecule has 1 heterocycles. The number of hydrogen-bond acceptors (Lipinski definition) is 3. The quantitative estimate of drug-likeness (QED) is 0.754. The van der Waals surface area contributed by atoms with Gasteiger partial charge in [-0.15, -0.1) is 0 Å². The average molecular weight is 333 g/mol. The summed E-state index contributed by atoms with van der Waals surface area (Å²) in [6.45, 7) is 0. The van der Waals surface area contributed by atoms with Crippen LogP contribution in [0.2, 0.25) is 0 Å². The van der Waals surface area contributed by atoms with Gasteiger partial charge < -0.3 is 10.6 Å². The molecule has 0 atom stereocenters. The van der Waals surface area contributed by atoms with Crippen LogP contribution in [0.25, 0.3) is 10.9 Å². The highest BCUT2D eigenvalue weighted by Gasteiger charge is 2.08. The summed E-state index contributed by atoms with van der Waals surface area (Å²) in [6, 6.07) is 17.0. The minimum Gasteiger partial charge on any atom is -0.359 e. The molecule has 0 spiro atoms. The van der Waals surface area contributed by atoms with Crippen LogP contribution < -0.4 is 10.6 Å². The van der Waals surface area contributed by atoms with Gasteiger partial charge in [0.05, 0.1) is 18.4 Å². The second-order valence-corrected chi connectivity index (χ2v) is 5.76. The average Bonchev–Trinajstić information content (AvgIpc) is 2.63. The molecule has 0 aliphatic carbocycles. The van der Waals surface area contributed by atoms with Gasteiger partial charge in [-0.2, -0.15) is 0 Å². The van der Waals surface area contributed by atoms with E-state index in [2.05, 4.69) is 15.6 Å². The van der Waals surface area contributed by atoms with E-state index < -0.39 is 0 Å². The lowest BCUT2D eigenvalue weighted by Gasteiger charge is -2.08. The predicted molar refractivity (Wildman–Crippen MR) is 98.3 cm³/mol. The highest BCUT2D eigenvalue weighted by atomic mass is 16.2. The minimum absolute atomic E-state index is 0.0414. The molecule has 0 saturated carbocycles. The molecule has 5 nitrogen and oxygen atoms in total. The topological polar surface area (TPSA) is 71.1 Å². The summed E-state index contributed by atoms with van der Waals surface area (Å²) in [7, 11) is 1.61. The van der Waals surface area contributed by atoms with Gasteiger partial charge in [0.15, 0.2) is 0 Å². The third-order valence-electron chi connectivity index (χ3n) is 3.95. The number of amides is 2. The number of benzene rings is 2. The lowest BCUT2D eigenvalue weighted by atomic mass is 10.1. The van der Waals surface area contributed by atoms with E-state index in [1.54, 1.807) is 25.4 Å². The standard InChI is InChI=1S/C20H19N3O2/c1-21-18(24)12-14-7-9-17(10-8-14)23-19(25)13-16-5-2-4-15-6-3-11-22-20(15)16/h2-11H,12-13H2,1H3,(H,21,24)(H,23,25). The monoisotopic (exact) mass is 333 g/mol. The van der Waals surface area contributed by atoms with Crippen LogP contribution >= 0.6 is 0 Å². The molecule has 0 aliphatic rings. The van der Waals surface area contributed by atoms with Gasteiger partial charge in [-0.1, -0.05) is 36.4 Å². The first-order valence-electron chi connectivity index (χ1n) is 8.07. The first kappa shape index (κ1) is 16.6. The van der Waals surface area contributed by atoms with Gasteiger partial charge in [-0.3, -0.25) is 14.6 Å². The first-order chi connectivity index (χ1) is 12.2. The van der Waals surface area contributed by atoms with Crippen molar-refractivity contribution in [2.75, 3.05) is 12.4 Å². The second kappa shape index (κ2) is 7.57. The Bertz CT molecular complexity index is 899. The van der Waals surface area contributed by atoms with E-state index in [9.17, 15) is 9.59 Å². The molecule has 2 amide bonds. The van der Waals surface area contributed by atoms with Crippen molar-refractivity contribution in [1.82, 2.24) is 10.3 Å². The van der Waals surface area contributed by atoms with Crippen molar-refractivity contribution in [2.24, 2.45) is 0 Å². The van der Waals surface area contributed by atoms with E-state index in [-0.39, 0.29) is 18.2 Å². The molecule has 0 radical (unpaired) electrons. The number of rotatable bonds is 5. The Morgan fingerprint density at radius 3 is 2.44 bits per heavy atom. The zero-order valence-corrected chi connectivity index (χ0v) is 14.0. The van der Waals surface area contributed by atoms with Gasteiger partial charge in [-0.25, -0.2) is 0 Å². The number of fused-ring (bicyclic) bond motifs is 1. The van der Waals surface area contributed by atoms with E-state index in [0.717, 1.165) is 22.0 Å². The summed E-state index contributed by atoms with van der Waals surface area (Å²) in [5.74, 6) is -0.141. The highest BCUT2D eigenvalue weighted by Crippen LogP contribution is 2.17. The second-order valence-electron chi connectivity index (χ2n) is 5.76. The molecule has 0 bridgehead atoms. The largest absolute Gasteiger partial charge is 0.359 e. The normalized spacial score (nSPS) is 10.4. The van der Waals surface area contributed by atoms with E-state index in [0.29, 0.717) is 12.1 Å². The summed E-state index contributed by atoms with van der Waals surface area (Å²) < 4.78 is 0. The fraction of sp³-hybridized carbons (Fsp3) is 0.150. The van der Waals surface area contributed by atoms with Crippen LogP contribution in [0.5, 0.6) is 0 Å². The van der Waals surface area contributed by atoms with Crippen molar-refractivity contribution in [3.8, 4) is 0 Å². The fourth-order valence-electron chi connectivity index (χ4n) is 2.67. The van der Waals surface area contributed by atoms with Crippen LogP contribution in [-0.2, 0) is 22.4 Å². The van der Waals surface area contributed by atoms with E-state index >= 15 is 0 Å². The van der Waals surface area contributed by atoms with Crippen molar-refractivity contribution in [1.29, 1.82) is 0 Å². The molecule has 1 aromatic heterocycles. The van der Waals surface area contributed by atoms with Crippen LogP contribution in [0.4, 0.5) is 5.69 Å². The molecule has 3 aromatic rings. The molecular weight excluding hydrogens is 314 g/mol. The molecule has 5 heteroatoms. The number of pyridine rings is 1. The summed E-state index contributed by atoms with van der Waals surface area (Å²) >= 11 is 0. The number of carbonyl (C=O) groups is 2. The van der Waals surface area contributed by atoms with E-state index in [1.807, 2.05) is 42.5 Å². The number of aromatic nitrogens is 1. The molecule has 25 heavy (non-hydrogen) atoms. The van der Waals surface area contributed by atoms with Crippen LogP contribution in [0.3, 0.4) is 0 Å². The Morgan fingerprint density at radius 1 is 0.920 bits per heavy atom. The number of para-hydroxylation sites is 1. The molecule has 0 saturated heterocycles. The lowest BCUT2D eigenvalue weighted by Crippen LogP contribution is -2.20. The lowest BCUT2D eigenvalue weighted by molar-refractivity contribution is -0.120. The van der Waals surface area contributed by atoms with Gasteiger partial charge >= 0.3 is 0 Å². The fourth-order valence-corrected chi connectivity index (χ4v) is 2.67. The van der Waals surface area contributed by atoms with E-state index in [4.69, 9.17) is 0 Å². The Morgan fingerprint density at radius 2 is 1.68 bits per heavy atom. The van der Waals surface area contributed by atoms with Crippen molar-refractivity contribution in [3.05, 3.63) is 71.9 Å². The van der Waals surface area contributed by atoms with Crippen LogP contribution in [0.1, 0.15) is 11.1 Å².